The molecule has 0 radical (unpaired) electrons. The van der Waals surface area contributed by atoms with E-state index in [1.165, 1.54) is 0 Å². The number of hydrogen-bond acceptors (Lipinski definition) is 4. The van der Waals surface area contributed by atoms with Gasteiger partial charge in [-0.3, -0.25) is 9.38 Å². The predicted octanol–water partition coefficient (Wildman–Crippen LogP) is 1.44. The fourth-order valence-electron chi connectivity index (χ4n) is 2.03. The number of nitrogens with zero attached hydrogens (tertiary/aromatic N) is 3. The van der Waals surface area contributed by atoms with Crippen LogP contribution < -0.4 is 11.5 Å². The first-order valence-corrected chi connectivity index (χ1v) is 5.66. The lowest BCUT2D eigenvalue weighted by molar-refractivity contribution is 0.963. The van der Waals surface area contributed by atoms with E-state index in [0.29, 0.717) is 6.54 Å². The summed E-state index contributed by atoms with van der Waals surface area (Å²) in [4.78, 5) is 8.59. The SMILES string of the molecule is NCc1nccn2c(-c3cccc(N)c3)cnc12. The molecule has 5 heteroatoms. The van der Waals surface area contributed by atoms with Crippen LogP contribution in [0, 0.1) is 0 Å². The van der Waals surface area contributed by atoms with Crippen LogP contribution in [0.4, 0.5) is 5.69 Å². The van der Waals surface area contributed by atoms with Gasteiger partial charge in [-0.1, -0.05) is 12.1 Å². The van der Waals surface area contributed by atoms with Crippen molar-refractivity contribution in [3.63, 3.8) is 0 Å². The molecule has 3 rings (SSSR count). The maximum Gasteiger partial charge on any atom is 0.160 e. The first-order chi connectivity index (χ1) is 8.79. The zero-order chi connectivity index (χ0) is 12.5. The molecule has 0 aliphatic carbocycles. The van der Waals surface area contributed by atoms with Gasteiger partial charge in [-0.05, 0) is 12.1 Å². The maximum atomic E-state index is 5.80. The van der Waals surface area contributed by atoms with Crippen molar-refractivity contribution >= 4 is 11.3 Å². The Hall–Kier alpha value is -2.40. The van der Waals surface area contributed by atoms with Crippen LogP contribution in [0.25, 0.3) is 16.9 Å². The van der Waals surface area contributed by atoms with Crippen LogP contribution in [0.15, 0.2) is 42.9 Å². The molecular weight excluding hydrogens is 226 g/mol. The fourth-order valence-corrected chi connectivity index (χ4v) is 2.03. The average molecular weight is 239 g/mol. The molecule has 0 spiro atoms. The number of fused-ring (bicyclic) bond motifs is 1. The van der Waals surface area contributed by atoms with Crippen molar-refractivity contribution < 1.29 is 0 Å². The second-order valence-corrected chi connectivity index (χ2v) is 4.04. The highest BCUT2D eigenvalue weighted by atomic mass is 15.0. The largest absolute Gasteiger partial charge is 0.399 e. The summed E-state index contributed by atoms with van der Waals surface area (Å²) in [5.74, 6) is 0. The van der Waals surface area contributed by atoms with E-state index in [2.05, 4.69) is 9.97 Å². The van der Waals surface area contributed by atoms with Gasteiger partial charge in [-0.2, -0.15) is 0 Å². The second-order valence-electron chi connectivity index (χ2n) is 4.04. The Morgan fingerprint density at radius 2 is 2.11 bits per heavy atom. The van der Waals surface area contributed by atoms with E-state index >= 15 is 0 Å². The minimum absolute atomic E-state index is 0.373. The molecular formula is C13H13N5. The number of imidazole rings is 1. The molecule has 0 aliphatic heterocycles. The molecule has 0 saturated heterocycles. The van der Waals surface area contributed by atoms with E-state index in [1.807, 2.05) is 41.1 Å². The van der Waals surface area contributed by atoms with Gasteiger partial charge in [0.15, 0.2) is 5.65 Å². The molecule has 0 bridgehead atoms. The average Bonchev–Trinajstić information content (AvgIpc) is 2.82. The number of aromatic nitrogens is 3. The normalized spacial score (nSPS) is 10.9. The van der Waals surface area contributed by atoms with Crippen LogP contribution in [0.2, 0.25) is 0 Å². The summed E-state index contributed by atoms with van der Waals surface area (Å²) < 4.78 is 1.98. The van der Waals surface area contributed by atoms with Gasteiger partial charge in [0.25, 0.3) is 0 Å². The van der Waals surface area contributed by atoms with E-state index in [1.54, 1.807) is 6.20 Å². The standard InChI is InChI=1S/C13H13N5/c14-7-11-13-17-8-12(18(13)5-4-16-11)9-2-1-3-10(15)6-9/h1-6,8H,7,14-15H2. The lowest BCUT2D eigenvalue weighted by Crippen LogP contribution is -2.03. The van der Waals surface area contributed by atoms with Gasteiger partial charge in [-0.15, -0.1) is 0 Å². The Kier molecular flexibility index (Phi) is 2.46. The third kappa shape index (κ3) is 1.61. The molecule has 0 saturated carbocycles. The molecule has 0 fully saturated rings. The number of nitrogens with two attached hydrogens (primary N) is 2. The molecule has 0 atom stereocenters. The number of nitrogen functional groups attached to an aromatic ring is 1. The summed E-state index contributed by atoms with van der Waals surface area (Å²) in [6.07, 6.45) is 5.41. The topological polar surface area (TPSA) is 82.2 Å². The predicted molar refractivity (Wildman–Crippen MR) is 70.7 cm³/mol. The Labute approximate surface area is 104 Å². The van der Waals surface area contributed by atoms with Crippen molar-refractivity contribution in [2.24, 2.45) is 5.73 Å². The van der Waals surface area contributed by atoms with Gasteiger partial charge in [-0.25, -0.2) is 4.98 Å². The van der Waals surface area contributed by atoms with Crippen LogP contribution >= 0.6 is 0 Å². The number of anilines is 1. The van der Waals surface area contributed by atoms with E-state index in [0.717, 1.165) is 28.3 Å². The molecule has 0 aliphatic rings. The molecule has 3 aromatic rings. The van der Waals surface area contributed by atoms with Crippen molar-refractivity contribution in [1.29, 1.82) is 0 Å². The Morgan fingerprint density at radius 3 is 2.89 bits per heavy atom. The minimum atomic E-state index is 0.373. The van der Waals surface area contributed by atoms with E-state index in [9.17, 15) is 0 Å². The second kappa shape index (κ2) is 4.12. The summed E-state index contributed by atoms with van der Waals surface area (Å²) in [5.41, 5.74) is 15.8. The van der Waals surface area contributed by atoms with Crippen molar-refractivity contribution in [2.75, 3.05) is 5.73 Å². The Morgan fingerprint density at radius 1 is 1.22 bits per heavy atom. The van der Waals surface area contributed by atoms with E-state index in [-0.39, 0.29) is 0 Å². The smallest absolute Gasteiger partial charge is 0.160 e. The third-order valence-corrected chi connectivity index (χ3v) is 2.88. The third-order valence-electron chi connectivity index (χ3n) is 2.88. The summed E-state index contributed by atoms with van der Waals surface area (Å²) >= 11 is 0. The summed E-state index contributed by atoms with van der Waals surface area (Å²) in [6.45, 7) is 0.373. The van der Waals surface area contributed by atoms with Crippen LogP contribution in [0.5, 0.6) is 0 Å². The van der Waals surface area contributed by atoms with Gasteiger partial charge in [0, 0.05) is 30.2 Å². The number of hydrogen-bond donors (Lipinski definition) is 2. The monoisotopic (exact) mass is 239 g/mol. The van der Waals surface area contributed by atoms with Gasteiger partial charge in [0.2, 0.25) is 0 Å². The van der Waals surface area contributed by atoms with Crippen molar-refractivity contribution in [1.82, 2.24) is 14.4 Å². The molecule has 0 amide bonds. The maximum absolute atomic E-state index is 5.80. The Balaban J connectivity index is 2.25. The highest BCUT2D eigenvalue weighted by Gasteiger charge is 2.09. The molecule has 5 nitrogen and oxygen atoms in total. The van der Waals surface area contributed by atoms with Gasteiger partial charge >= 0.3 is 0 Å². The van der Waals surface area contributed by atoms with Gasteiger partial charge in [0.1, 0.15) is 0 Å². The lowest BCUT2D eigenvalue weighted by atomic mass is 10.1. The Bertz CT molecular complexity index is 701. The first-order valence-electron chi connectivity index (χ1n) is 5.66. The van der Waals surface area contributed by atoms with Crippen molar-refractivity contribution in [3.05, 3.63) is 48.5 Å². The van der Waals surface area contributed by atoms with E-state index in [4.69, 9.17) is 11.5 Å². The van der Waals surface area contributed by atoms with Crippen LogP contribution in [-0.4, -0.2) is 14.4 Å². The molecule has 4 N–H and O–H groups in total. The molecule has 18 heavy (non-hydrogen) atoms. The van der Waals surface area contributed by atoms with Crippen LogP contribution in [0.1, 0.15) is 5.69 Å². The van der Waals surface area contributed by atoms with Crippen LogP contribution in [0.3, 0.4) is 0 Å². The number of benzene rings is 1. The fraction of sp³-hybridized carbons (Fsp3) is 0.0769. The molecule has 2 heterocycles. The molecule has 1 aromatic carbocycles. The molecule has 0 unspecified atom stereocenters. The zero-order valence-electron chi connectivity index (χ0n) is 9.74. The quantitative estimate of drug-likeness (QED) is 0.663. The highest BCUT2D eigenvalue weighted by Crippen LogP contribution is 2.23. The number of rotatable bonds is 2. The van der Waals surface area contributed by atoms with Crippen LogP contribution in [-0.2, 0) is 6.54 Å². The van der Waals surface area contributed by atoms with Crippen molar-refractivity contribution in [2.45, 2.75) is 6.54 Å². The van der Waals surface area contributed by atoms with Gasteiger partial charge < -0.3 is 11.5 Å². The minimum Gasteiger partial charge on any atom is -0.399 e. The van der Waals surface area contributed by atoms with Crippen molar-refractivity contribution in [3.8, 4) is 11.3 Å². The summed E-state index contributed by atoms with van der Waals surface area (Å²) in [5, 5.41) is 0. The first kappa shape index (κ1) is 10.7. The zero-order valence-corrected chi connectivity index (χ0v) is 9.74. The summed E-state index contributed by atoms with van der Waals surface area (Å²) in [7, 11) is 0. The highest BCUT2D eigenvalue weighted by molar-refractivity contribution is 5.67. The lowest BCUT2D eigenvalue weighted by Gasteiger charge is -2.04. The van der Waals surface area contributed by atoms with E-state index < -0.39 is 0 Å². The molecule has 90 valence electrons. The molecule has 2 aromatic heterocycles. The van der Waals surface area contributed by atoms with Gasteiger partial charge in [0.05, 0.1) is 17.6 Å². The summed E-state index contributed by atoms with van der Waals surface area (Å²) in [6, 6.07) is 7.71.